The van der Waals surface area contributed by atoms with Gasteiger partial charge in [0, 0.05) is 25.0 Å². The highest BCUT2D eigenvalue weighted by molar-refractivity contribution is 5.27. The van der Waals surface area contributed by atoms with Crippen molar-refractivity contribution in [2.45, 2.75) is 32.9 Å². The minimum Gasteiger partial charge on any atom is -0.497 e. The van der Waals surface area contributed by atoms with E-state index in [4.69, 9.17) is 4.74 Å². The van der Waals surface area contributed by atoms with E-state index in [2.05, 4.69) is 41.9 Å². The lowest BCUT2D eigenvalue weighted by atomic mass is 10.1. The third kappa shape index (κ3) is 4.57. The number of pyridine rings is 1. The van der Waals surface area contributed by atoms with Crippen molar-refractivity contribution in [3.05, 3.63) is 59.9 Å². The van der Waals surface area contributed by atoms with E-state index >= 15 is 0 Å². The van der Waals surface area contributed by atoms with Gasteiger partial charge in [0.2, 0.25) is 0 Å². The van der Waals surface area contributed by atoms with Gasteiger partial charge in [0.1, 0.15) is 5.75 Å². The van der Waals surface area contributed by atoms with Crippen LogP contribution in [0.1, 0.15) is 25.0 Å². The molecule has 1 aromatic carbocycles. The lowest BCUT2D eigenvalue weighted by molar-refractivity contribution is 0.209. The Hall–Kier alpha value is -1.87. The lowest BCUT2D eigenvalue weighted by Crippen LogP contribution is -2.34. The first-order valence-corrected chi connectivity index (χ1v) is 7.48. The maximum atomic E-state index is 5.20. The van der Waals surface area contributed by atoms with Crippen LogP contribution < -0.4 is 4.74 Å². The smallest absolute Gasteiger partial charge is 0.118 e. The molecule has 0 saturated carbocycles. The molecule has 0 spiro atoms. The predicted molar refractivity (Wildman–Crippen MR) is 86.5 cm³/mol. The van der Waals surface area contributed by atoms with Crippen LogP contribution in [0.15, 0.2) is 48.8 Å². The van der Waals surface area contributed by atoms with Gasteiger partial charge < -0.3 is 4.74 Å². The van der Waals surface area contributed by atoms with Crippen LogP contribution in [0.3, 0.4) is 0 Å². The molecule has 1 aromatic heterocycles. The second kappa shape index (κ2) is 7.79. The summed E-state index contributed by atoms with van der Waals surface area (Å²) in [7, 11) is 1.70. The molecule has 0 radical (unpaired) electrons. The SMILES string of the molecule is CCN(Cc1cccnc1)C(C)Cc1ccc(OC)cc1. The summed E-state index contributed by atoms with van der Waals surface area (Å²) in [5, 5.41) is 0. The summed E-state index contributed by atoms with van der Waals surface area (Å²) in [4.78, 5) is 6.67. The van der Waals surface area contributed by atoms with Crippen LogP contribution in [0.4, 0.5) is 0 Å². The molecule has 0 aliphatic carbocycles. The third-order valence-corrected chi connectivity index (χ3v) is 3.83. The van der Waals surface area contributed by atoms with Crippen LogP contribution in [0.25, 0.3) is 0 Å². The summed E-state index contributed by atoms with van der Waals surface area (Å²) in [6.45, 7) is 6.47. The molecule has 2 aromatic rings. The quantitative estimate of drug-likeness (QED) is 0.777. The van der Waals surface area contributed by atoms with E-state index in [0.717, 1.165) is 25.3 Å². The molecule has 2 rings (SSSR count). The van der Waals surface area contributed by atoms with Gasteiger partial charge in [-0.1, -0.05) is 25.1 Å². The molecule has 0 saturated heterocycles. The number of hydrogen-bond acceptors (Lipinski definition) is 3. The zero-order valence-corrected chi connectivity index (χ0v) is 13.1. The van der Waals surface area contributed by atoms with Gasteiger partial charge in [-0.05, 0) is 49.2 Å². The Kier molecular flexibility index (Phi) is 5.76. The van der Waals surface area contributed by atoms with E-state index < -0.39 is 0 Å². The first-order chi connectivity index (χ1) is 10.2. The number of ether oxygens (including phenoxy) is 1. The summed E-state index contributed by atoms with van der Waals surface area (Å²) in [5.41, 5.74) is 2.61. The highest BCUT2D eigenvalue weighted by Crippen LogP contribution is 2.15. The molecule has 0 bridgehead atoms. The fraction of sp³-hybridized carbons (Fsp3) is 0.389. The van der Waals surface area contributed by atoms with Crippen LogP contribution in [0, 0.1) is 0 Å². The zero-order chi connectivity index (χ0) is 15.1. The highest BCUT2D eigenvalue weighted by atomic mass is 16.5. The van der Waals surface area contributed by atoms with Crippen LogP contribution in [0.5, 0.6) is 5.75 Å². The number of benzene rings is 1. The number of hydrogen-bond donors (Lipinski definition) is 0. The van der Waals surface area contributed by atoms with Crippen molar-refractivity contribution in [3.63, 3.8) is 0 Å². The summed E-state index contributed by atoms with van der Waals surface area (Å²) in [6, 6.07) is 13.0. The Morgan fingerprint density at radius 3 is 2.48 bits per heavy atom. The molecule has 21 heavy (non-hydrogen) atoms. The average molecular weight is 284 g/mol. The van der Waals surface area contributed by atoms with E-state index in [-0.39, 0.29) is 0 Å². The molecule has 0 amide bonds. The molecule has 3 nitrogen and oxygen atoms in total. The van der Waals surface area contributed by atoms with Gasteiger partial charge in [-0.25, -0.2) is 0 Å². The Bertz CT molecular complexity index is 525. The fourth-order valence-corrected chi connectivity index (χ4v) is 2.54. The van der Waals surface area contributed by atoms with E-state index in [1.54, 1.807) is 7.11 Å². The number of aromatic nitrogens is 1. The summed E-state index contributed by atoms with van der Waals surface area (Å²) >= 11 is 0. The van der Waals surface area contributed by atoms with Crippen LogP contribution in [-0.2, 0) is 13.0 Å². The lowest BCUT2D eigenvalue weighted by Gasteiger charge is -2.28. The van der Waals surface area contributed by atoms with Crippen molar-refractivity contribution >= 4 is 0 Å². The van der Waals surface area contributed by atoms with Gasteiger partial charge in [-0.15, -0.1) is 0 Å². The Labute approximate surface area is 127 Å². The van der Waals surface area contributed by atoms with E-state index in [1.807, 2.05) is 30.6 Å². The van der Waals surface area contributed by atoms with Crippen LogP contribution in [0.2, 0.25) is 0 Å². The van der Waals surface area contributed by atoms with Crippen molar-refractivity contribution in [3.8, 4) is 5.75 Å². The standard InChI is InChI=1S/C18H24N2O/c1-4-20(14-17-6-5-11-19-13-17)15(2)12-16-7-9-18(21-3)10-8-16/h5-11,13,15H,4,12,14H2,1-3H3. The van der Waals surface area contributed by atoms with Crippen molar-refractivity contribution in [1.29, 1.82) is 0 Å². The number of likely N-dealkylation sites (N-methyl/N-ethyl adjacent to an activating group) is 1. The van der Waals surface area contributed by atoms with Gasteiger partial charge in [0.25, 0.3) is 0 Å². The normalized spacial score (nSPS) is 12.4. The fourth-order valence-electron chi connectivity index (χ4n) is 2.54. The molecule has 1 heterocycles. The second-order valence-corrected chi connectivity index (χ2v) is 5.33. The molecular formula is C18H24N2O. The minimum absolute atomic E-state index is 0.489. The Morgan fingerprint density at radius 1 is 1.14 bits per heavy atom. The summed E-state index contributed by atoms with van der Waals surface area (Å²) < 4.78 is 5.20. The largest absolute Gasteiger partial charge is 0.497 e. The van der Waals surface area contributed by atoms with E-state index in [1.165, 1.54) is 11.1 Å². The summed E-state index contributed by atoms with van der Waals surface area (Å²) in [6.07, 6.45) is 4.81. The molecule has 0 fully saturated rings. The average Bonchev–Trinajstić information content (AvgIpc) is 2.54. The van der Waals surface area contributed by atoms with E-state index in [0.29, 0.717) is 6.04 Å². The maximum Gasteiger partial charge on any atom is 0.118 e. The monoisotopic (exact) mass is 284 g/mol. The molecule has 0 aliphatic rings. The topological polar surface area (TPSA) is 25.4 Å². The predicted octanol–water partition coefficient (Wildman–Crippen LogP) is 3.54. The first-order valence-electron chi connectivity index (χ1n) is 7.48. The van der Waals surface area contributed by atoms with Crippen LogP contribution >= 0.6 is 0 Å². The number of rotatable bonds is 7. The number of nitrogens with zero attached hydrogens (tertiary/aromatic N) is 2. The van der Waals surface area contributed by atoms with Crippen LogP contribution in [-0.4, -0.2) is 29.6 Å². The molecule has 112 valence electrons. The molecular weight excluding hydrogens is 260 g/mol. The minimum atomic E-state index is 0.489. The third-order valence-electron chi connectivity index (χ3n) is 3.83. The molecule has 1 unspecified atom stereocenters. The highest BCUT2D eigenvalue weighted by Gasteiger charge is 2.13. The Balaban J connectivity index is 1.97. The van der Waals surface area contributed by atoms with Crippen molar-refractivity contribution in [2.24, 2.45) is 0 Å². The second-order valence-electron chi connectivity index (χ2n) is 5.33. The summed E-state index contributed by atoms with van der Waals surface area (Å²) in [5.74, 6) is 0.911. The zero-order valence-electron chi connectivity index (χ0n) is 13.1. The molecule has 1 atom stereocenters. The van der Waals surface area contributed by atoms with Gasteiger partial charge in [-0.2, -0.15) is 0 Å². The Morgan fingerprint density at radius 2 is 1.90 bits per heavy atom. The number of methoxy groups -OCH3 is 1. The van der Waals surface area contributed by atoms with Crippen molar-refractivity contribution in [1.82, 2.24) is 9.88 Å². The maximum absolute atomic E-state index is 5.20. The van der Waals surface area contributed by atoms with Gasteiger partial charge in [-0.3, -0.25) is 9.88 Å². The van der Waals surface area contributed by atoms with Gasteiger partial charge >= 0.3 is 0 Å². The molecule has 0 aliphatic heterocycles. The van der Waals surface area contributed by atoms with E-state index in [9.17, 15) is 0 Å². The molecule has 3 heteroatoms. The molecule has 0 N–H and O–H groups in total. The van der Waals surface area contributed by atoms with Crippen molar-refractivity contribution < 1.29 is 4.74 Å². The first kappa shape index (κ1) is 15.5. The van der Waals surface area contributed by atoms with Gasteiger partial charge in [0.05, 0.1) is 7.11 Å². The van der Waals surface area contributed by atoms with Crippen molar-refractivity contribution in [2.75, 3.05) is 13.7 Å². The van der Waals surface area contributed by atoms with Gasteiger partial charge in [0.15, 0.2) is 0 Å².